The second-order valence-corrected chi connectivity index (χ2v) is 5.61. The molecule has 0 atom stereocenters. The number of anilines is 1. The number of benzene rings is 2. The van der Waals surface area contributed by atoms with Crippen molar-refractivity contribution in [3.63, 3.8) is 0 Å². The summed E-state index contributed by atoms with van der Waals surface area (Å²) in [6.07, 6.45) is 1.66. The van der Waals surface area contributed by atoms with Crippen LogP contribution in [0.3, 0.4) is 0 Å². The maximum absolute atomic E-state index is 6.24. The number of rotatable bonds is 0. The van der Waals surface area contributed by atoms with Gasteiger partial charge in [0.1, 0.15) is 0 Å². The maximum Gasteiger partial charge on any atom is 0.0955 e. The summed E-state index contributed by atoms with van der Waals surface area (Å²) in [5, 5.41) is 3.52. The summed E-state index contributed by atoms with van der Waals surface area (Å²) in [7, 11) is 1.86. The van der Waals surface area contributed by atoms with Crippen LogP contribution >= 0.6 is 46.4 Å². The minimum Gasteiger partial charge on any atom is -0.334 e. The lowest BCUT2D eigenvalue weighted by molar-refractivity contribution is 1.28. The van der Waals surface area contributed by atoms with Crippen LogP contribution in [0.4, 0.5) is 11.4 Å². The summed E-state index contributed by atoms with van der Waals surface area (Å²) in [4.78, 5) is 6.13. The predicted molar refractivity (Wildman–Crippen MR) is 80.5 cm³/mol. The lowest BCUT2D eigenvalue weighted by Gasteiger charge is -2.24. The number of aliphatic imine (C=N–C) groups is 1. The zero-order valence-electron chi connectivity index (χ0n) is 9.14. The van der Waals surface area contributed by atoms with Crippen LogP contribution in [0, 0.1) is 0 Å². The molecule has 2 nitrogen and oxygen atoms in total. The van der Waals surface area contributed by atoms with Crippen molar-refractivity contribution in [3.05, 3.63) is 32.2 Å². The van der Waals surface area contributed by atoms with Crippen LogP contribution < -0.4 is 4.90 Å². The Morgan fingerprint density at radius 3 is 2.17 bits per heavy atom. The van der Waals surface area contributed by atoms with Crippen LogP contribution in [-0.2, 0) is 0 Å². The number of halogens is 4. The Morgan fingerprint density at radius 2 is 1.50 bits per heavy atom. The Kier molecular flexibility index (Phi) is 2.87. The van der Waals surface area contributed by atoms with Crippen LogP contribution in [-0.4, -0.2) is 13.4 Å². The van der Waals surface area contributed by atoms with E-state index in [9.17, 15) is 0 Å². The fourth-order valence-corrected chi connectivity index (χ4v) is 3.48. The van der Waals surface area contributed by atoms with Gasteiger partial charge in [0.25, 0.3) is 0 Å². The Labute approximate surface area is 124 Å². The SMILES string of the molecule is CN1C=Nc2c(Cl)cc(Cl)c3c(Cl)cc(Cl)c1c23. The summed E-state index contributed by atoms with van der Waals surface area (Å²) in [6, 6.07) is 3.33. The van der Waals surface area contributed by atoms with Gasteiger partial charge in [-0.25, -0.2) is 4.99 Å². The molecule has 0 aliphatic carbocycles. The highest BCUT2D eigenvalue weighted by molar-refractivity contribution is 6.48. The van der Waals surface area contributed by atoms with Crippen molar-refractivity contribution < 1.29 is 0 Å². The Bertz CT molecular complexity index is 701. The molecule has 0 saturated carbocycles. The average Bonchev–Trinajstić information content (AvgIpc) is 2.27. The van der Waals surface area contributed by atoms with Gasteiger partial charge in [0.2, 0.25) is 0 Å². The Balaban J connectivity index is 2.63. The molecule has 0 spiro atoms. The van der Waals surface area contributed by atoms with E-state index in [1.165, 1.54) is 0 Å². The maximum atomic E-state index is 6.24. The van der Waals surface area contributed by atoms with Crippen LogP contribution in [0.1, 0.15) is 0 Å². The fraction of sp³-hybridized carbons (Fsp3) is 0.0833. The molecule has 1 aliphatic rings. The van der Waals surface area contributed by atoms with Crippen LogP contribution in [0.5, 0.6) is 0 Å². The normalized spacial score (nSPS) is 13.5. The molecule has 0 saturated heterocycles. The van der Waals surface area contributed by atoms with Gasteiger partial charge in [0.15, 0.2) is 0 Å². The number of hydrogen-bond donors (Lipinski definition) is 0. The van der Waals surface area contributed by atoms with Crippen LogP contribution in [0.15, 0.2) is 17.1 Å². The Morgan fingerprint density at radius 1 is 0.889 bits per heavy atom. The number of nitrogens with zero attached hydrogens (tertiary/aromatic N) is 2. The van der Waals surface area contributed by atoms with E-state index in [1.807, 2.05) is 11.9 Å². The van der Waals surface area contributed by atoms with Crippen molar-refractivity contribution in [2.45, 2.75) is 0 Å². The van der Waals surface area contributed by atoms with Gasteiger partial charge in [-0.2, -0.15) is 0 Å². The van der Waals surface area contributed by atoms with Gasteiger partial charge < -0.3 is 4.90 Å². The molecule has 1 heterocycles. The van der Waals surface area contributed by atoms with E-state index in [0.717, 1.165) is 16.5 Å². The van der Waals surface area contributed by atoms with Gasteiger partial charge in [-0.15, -0.1) is 0 Å². The first-order valence-electron chi connectivity index (χ1n) is 5.07. The molecule has 0 N–H and O–H groups in total. The molecular formula is C12H6Cl4N2. The van der Waals surface area contributed by atoms with Crippen molar-refractivity contribution in [2.75, 3.05) is 11.9 Å². The van der Waals surface area contributed by atoms with Gasteiger partial charge in [-0.1, -0.05) is 46.4 Å². The van der Waals surface area contributed by atoms with Crippen LogP contribution in [0.25, 0.3) is 10.8 Å². The summed E-state index contributed by atoms with van der Waals surface area (Å²) < 4.78 is 0. The predicted octanol–water partition coefficient (Wildman–Crippen LogP) is 5.56. The molecule has 1 aliphatic heterocycles. The molecule has 6 heteroatoms. The lowest BCUT2D eigenvalue weighted by atomic mass is 10.0. The molecule has 0 fully saturated rings. The highest BCUT2D eigenvalue weighted by Crippen LogP contribution is 2.49. The highest BCUT2D eigenvalue weighted by Gasteiger charge is 2.22. The molecule has 2 aromatic rings. The Hall–Kier alpha value is -0.670. The molecule has 0 radical (unpaired) electrons. The van der Waals surface area contributed by atoms with E-state index >= 15 is 0 Å². The molecule has 92 valence electrons. The van der Waals surface area contributed by atoms with Gasteiger partial charge in [-0.3, -0.25) is 0 Å². The summed E-state index contributed by atoms with van der Waals surface area (Å²) in [5.41, 5.74) is 1.46. The van der Waals surface area contributed by atoms with E-state index in [-0.39, 0.29) is 0 Å². The second kappa shape index (κ2) is 4.17. The molecule has 0 amide bonds. The standard InChI is InChI=1S/C12H6Cl4N2/c1-18-4-17-11-7(15)2-5(13)9-6(14)3-8(16)12(18)10(9)11/h2-4H,1H3. The second-order valence-electron chi connectivity index (χ2n) is 3.98. The van der Waals surface area contributed by atoms with Crippen molar-refractivity contribution in [3.8, 4) is 0 Å². The zero-order chi connectivity index (χ0) is 13.0. The monoisotopic (exact) mass is 318 g/mol. The van der Waals surface area contributed by atoms with Gasteiger partial charge in [-0.05, 0) is 12.1 Å². The molecule has 18 heavy (non-hydrogen) atoms. The fourth-order valence-electron chi connectivity index (χ4n) is 2.12. The van der Waals surface area contributed by atoms with Crippen LogP contribution in [0.2, 0.25) is 20.1 Å². The average molecular weight is 320 g/mol. The van der Waals surface area contributed by atoms with Crippen molar-refractivity contribution in [2.24, 2.45) is 4.99 Å². The molecule has 3 rings (SSSR count). The summed E-state index contributed by atoms with van der Waals surface area (Å²) in [6.45, 7) is 0. The summed E-state index contributed by atoms with van der Waals surface area (Å²) in [5.74, 6) is 0. The zero-order valence-corrected chi connectivity index (χ0v) is 12.2. The smallest absolute Gasteiger partial charge is 0.0955 e. The highest BCUT2D eigenvalue weighted by atomic mass is 35.5. The molecule has 2 aromatic carbocycles. The van der Waals surface area contributed by atoms with Crippen molar-refractivity contribution in [1.82, 2.24) is 0 Å². The lowest BCUT2D eigenvalue weighted by Crippen LogP contribution is -2.17. The van der Waals surface area contributed by atoms with E-state index < -0.39 is 0 Å². The third kappa shape index (κ3) is 1.60. The van der Waals surface area contributed by atoms with Gasteiger partial charge in [0, 0.05) is 17.8 Å². The first kappa shape index (κ1) is 12.4. The molecule has 0 aromatic heterocycles. The van der Waals surface area contributed by atoms with Gasteiger partial charge in [0.05, 0.1) is 37.8 Å². The minimum atomic E-state index is 0.483. The van der Waals surface area contributed by atoms with E-state index in [1.54, 1.807) is 18.5 Å². The first-order valence-corrected chi connectivity index (χ1v) is 6.58. The van der Waals surface area contributed by atoms with Crippen molar-refractivity contribution >= 4 is 74.9 Å². The molecule has 0 unspecified atom stereocenters. The quantitative estimate of drug-likeness (QED) is 0.620. The van der Waals surface area contributed by atoms with E-state index in [4.69, 9.17) is 46.4 Å². The number of hydrogen-bond acceptors (Lipinski definition) is 2. The topological polar surface area (TPSA) is 15.6 Å². The third-order valence-corrected chi connectivity index (χ3v) is 4.05. The van der Waals surface area contributed by atoms with Gasteiger partial charge >= 0.3 is 0 Å². The molecule has 0 bridgehead atoms. The van der Waals surface area contributed by atoms with E-state index in [0.29, 0.717) is 25.8 Å². The minimum absolute atomic E-state index is 0.483. The third-order valence-electron chi connectivity index (χ3n) is 2.87. The largest absolute Gasteiger partial charge is 0.334 e. The first-order chi connectivity index (χ1) is 8.50. The van der Waals surface area contributed by atoms with Crippen molar-refractivity contribution in [1.29, 1.82) is 0 Å². The summed E-state index contributed by atoms with van der Waals surface area (Å²) >= 11 is 24.8. The molecular weight excluding hydrogens is 314 g/mol. The van der Waals surface area contributed by atoms with E-state index in [2.05, 4.69) is 4.99 Å².